The van der Waals surface area contributed by atoms with Crippen molar-refractivity contribution in [1.29, 1.82) is 0 Å². The van der Waals surface area contributed by atoms with Gasteiger partial charge < -0.3 is 0 Å². The van der Waals surface area contributed by atoms with Gasteiger partial charge in [-0.2, -0.15) is 0 Å². The highest BCUT2D eigenvalue weighted by molar-refractivity contribution is 5.38. The molecule has 0 aromatic carbocycles. The normalized spacial score (nSPS) is 19.5. The zero-order valence-electron chi connectivity index (χ0n) is 11.8. The fourth-order valence-electron chi connectivity index (χ4n) is 3.13. The Kier molecular flexibility index (Phi) is 4.99. The maximum absolute atomic E-state index is 4.33. The van der Waals surface area contributed by atoms with Crippen LogP contribution in [0, 0.1) is 11.3 Å². The molecule has 0 spiro atoms. The van der Waals surface area contributed by atoms with Gasteiger partial charge in [0, 0.05) is 5.41 Å². The second kappa shape index (κ2) is 6.05. The first-order valence-corrected chi connectivity index (χ1v) is 6.77. The summed E-state index contributed by atoms with van der Waals surface area (Å²) in [7, 11) is 0. The van der Waals surface area contributed by atoms with Crippen molar-refractivity contribution in [3.63, 3.8) is 0 Å². The quantitative estimate of drug-likeness (QED) is 0.551. The Morgan fingerprint density at radius 3 is 2.65 bits per heavy atom. The molecule has 0 amide bonds. The van der Waals surface area contributed by atoms with Crippen molar-refractivity contribution in [2.75, 3.05) is 0 Å². The van der Waals surface area contributed by atoms with Crippen LogP contribution in [0.1, 0.15) is 47.0 Å². The minimum absolute atomic E-state index is 0.150. The van der Waals surface area contributed by atoms with E-state index in [-0.39, 0.29) is 5.41 Å². The summed E-state index contributed by atoms with van der Waals surface area (Å²) >= 11 is 0. The topological polar surface area (TPSA) is 0 Å². The van der Waals surface area contributed by atoms with E-state index in [0.29, 0.717) is 5.92 Å². The van der Waals surface area contributed by atoms with Crippen molar-refractivity contribution in [1.82, 2.24) is 0 Å². The molecule has 1 aliphatic carbocycles. The third kappa shape index (κ3) is 2.62. The average molecular weight is 230 g/mol. The molecule has 1 rings (SSSR count). The number of allylic oxidation sites excluding steroid dienone is 7. The first kappa shape index (κ1) is 14.0. The van der Waals surface area contributed by atoms with E-state index < -0.39 is 0 Å². The molecule has 0 bridgehead atoms. The molecule has 0 saturated carbocycles. The lowest BCUT2D eigenvalue weighted by atomic mass is 9.63. The standard InChI is InChI=1S/C17H26/c1-6-11-15(5)17(7-2,14(3)4)16-12-9-8-10-13-16/h6,8-9,11-12,14H,5,7,10,13H2,1-4H3/b11-6-. The van der Waals surface area contributed by atoms with Crippen LogP contribution in [0.25, 0.3) is 0 Å². The van der Waals surface area contributed by atoms with Gasteiger partial charge in [0.2, 0.25) is 0 Å². The van der Waals surface area contributed by atoms with E-state index in [0.717, 1.165) is 6.42 Å². The van der Waals surface area contributed by atoms with Crippen molar-refractivity contribution in [2.45, 2.75) is 47.0 Å². The van der Waals surface area contributed by atoms with Crippen LogP contribution in [0.5, 0.6) is 0 Å². The van der Waals surface area contributed by atoms with E-state index in [1.54, 1.807) is 5.57 Å². The molecular weight excluding hydrogens is 204 g/mol. The maximum atomic E-state index is 4.33. The summed E-state index contributed by atoms with van der Waals surface area (Å²) in [5.41, 5.74) is 2.97. The van der Waals surface area contributed by atoms with E-state index in [1.807, 2.05) is 0 Å². The molecule has 0 nitrogen and oxygen atoms in total. The number of rotatable bonds is 5. The molecular formula is C17H26. The summed E-state index contributed by atoms with van der Waals surface area (Å²) in [4.78, 5) is 0. The first-order valence-electron chi connectivity index (χ1n) is 6.77. The molecule has 1 aliphatic rings. The molecule has 0 heteroatoms. The summed E-state index contributed by atoms with van der Waals surface area (Å²) in [6.07, 6.45) is 14.5. The summed E-state index contributed by atoms with van der Waals surface area (Å²) in [6.45, 7) is 13.3. The molecule has 94 valence electrons. The molecule has 0 fully saturated rings. The van der Waals surface area contributed by atoms with E-state index in [2.05, 4.69) is 64.7 Å². The number of hydrogen-bond acceptors (Lipinski definition) is 0. The van der Waals surface area contributed by atoms with Crippen molar-refractivity contribution in [3.8, 4) is 0 Å². The van der Waals surface area contributed by atoms with Gasteiger partial charge in [0.1, 0.15) is 0 Å². The van der Waals surface area contributed by atoms with Crippen molar-refractivity contribution >= 4 is 0 Å². The van der Waals surface area contributed by atoms with Gasteiger partial charge in [0.25, 0.3) is 0 Å². The molecule has 0 aliphatic heterocycles. The molecule has 0 aromatic heterocycles. The molecule has 1 atom stereocenters. The van der Waals surface area contributed by atoms with Crippen LogP contribution in [0.2, 0.25) is 0 Å². The van der Waals surface area contributed by atoms with Gasteiger partial charge in [-0.05, 0) is 37.7 Å². The Hall–Kier alpha value is -1.04. The minimum Gasteiger partial charge on any atom is -0.0949 e. The molecule has 1 unspecified atom stereocenters. The highest BCUT2D eigenvalue weighted by atomic mass is 14.4. The highest BCUT2D eigenvalue weighted by Crippen LogP contribution is 2.48. The Morgan fingerprint density at radius 1 is 1.53 bits per heavy atom. The van der Waals surface area contributed by atoms with Crippen molar-refractivity contribution < 1.29 is 0 Å². The zero-order chi connectivity index (χ0) is 12.9. The van der Waals surface area contributed by atoms with E-state index >= 15 is 0 Å². The van der Waals surface area contributed by atoms with Crippen LogP contribution in [-0.4, -0.2) is 0 Å². The van der Waals surface area contributed by atoms with Gasteiger partial charge in [0.15, 0.2) is 0 Å². The SMILES string of the molecule is C=C(/C=C\C)C(CC)(C1=CC=CCC1)C(C)C. The monoisotopic (exact) mass is 230 g/mol. The van der Waals surface area contributed by atoms with E-state index in [1.165, 1.54) is 18.4 Å². The molecule has 0 aromatic rings. The van der Waals surface area contributed by atoms with Gasteiger partial charge in [-0.3, -0.25) is 0 Å². The Balaban J connectivity index is 3.21. The fourth-order valence-corrected chi connectivity index (χ4v) is 3.13. The van der Waals surface area contributed by atoms with Gasteiger partial charge in [-0.1, -0.05) is 63.3 Å². The largest absolute Gasteiger partial charge is 0.0949 e. The van der Waals surface area contributed by atoms with Crippen molar-refractivity contribution in [3.05, 3.63) is 48.1 Å². The lowest BCUT2D eigenvalue weighted by molar-refractivity contribution is 0.289. The summed E-state index contributed by atoms with van der Waals surface area (Å²) in [5.74, 6) is 0.592. The van der Waals surface area contributed by atoms with Crippen LogP contribution in [0.3, 0.4) is 0 Å². The molecule has 0 radical (unpaired) electrons. The predicted molar refractivity (Wildman–Crippen MR) is 78.0 cm³/mol. The first-order chi connectivity index (χ1) is 8.09. The summed E-state index contributed by atoms with van der Waals surface area (Å²) in [6, 6.07) is 0. The van der Waals surface area contributed by atoms with Crippen LogP contribution in [0.15, 0.2) is 48.1 Å². The molecule has 0 N–H and O–H groups in total. The van der Waals surface area contributed by atoms with Gasteiger partial charge >= 0.3 is 0 Å². The van der Waals surface area contributed by atoms with Gasteiger partial charge in [-0.15, -0.1) is 0 Å². The maximum Gasteiger partial charge on any atom is 0.0179 e. The van der Waals surface area contributed by atoms with Crippen LogP contribution in [-0.2, 0) is 0 Å². The summed E-state index contributed by atoms with van der Waals surface area (Å²) in [5, 5.41) is 0. The average Bonchev–Trinajstić information content (AvgIpc) is 2.32. The third-order valence-corrected chi connectivity index (χ3v) is 4.07. The Morgan fingerprint density at radius 2 is 2.24 bits per heavy atom. The van der Waals surface area contributed by atoms with Crippen LogP contribution < -0.4 is 0 Å². The molecule has 17 heavy (non-hydrogen) atoms. The van der Waals surface area contributed by atoms with Crippen LogP contribution in [0.4, 0.5) is 0 Å². The predicted octanol–water partition coefficient (Wildman–Crippen LogP) is 5.45. The number of hydrogen-bond donors (Lipinski definition) is 0. The van der Waals surface area contributed by atoms with Crippen LogP contribution >= 0.6 is 0 Å². The Labute approximate surface area is 107 Å². The second-order valence-electron chi connectivity index (χ2n) is 5.16. The summed E-state index contributed by atoms with van der Waals surface area (Å²) < 4.78 is 0. The fraction of sp³-hybridized carbons (Fsp3) is 0.529. The smallest absolute Gasteiger partial charge is 0.0179 e. The zero-order valence-corrected chi connectivity index (χ0v) is 11.8. The minimum atomic E-state index is 0.150. The molecule has 0 heterocycles. The third-order valence-electron chi connectivity index (χ3n) is 4.07. The van der Waals surface area contributed by atoms with E-state index in [4.69, 9.17) is 0 Å². The lowest BCUT2D eigenvalue weighted by Crippen LogP contribution is -2.31. The Bertz CT molecular complexity index is 352. The van der Waals surface area contributed by atoms with Crippen molar-refractivity contribution in [2.24, 2.45) is 11.3 Å². The van der Waals surface area contributed by atoms with Gasteiger partial charge in [0.05, 0.1) is 0 Å². The highest BCUT2D eigenvalue weighted by Gasteiger charge is 2.37. The second-order valence-corrected chi connectivity index (χ2v) is 5.16. The molecule has 0 saturated heterocycles. The lowest BCUT2D eigenvalue weighted by Gasteiger charge is -2.41. The van der Waals surface area contributed by atoms with E-state index in [9.17, 15) is 0 Å². The van der Waals surface area contributed by atoms with Gasteiger partial charge in [-0.25, -0.2) is 0 Å².